The molecule has 1 amide bonds. The summed E-state index contributed by atoms with van der Waals surface area (Å²) in [6, 6.07) is 12.3. The molecule has 1 N–H and O–H groups in total. The summed E-state index contributed by atoms with van der Waals surface area (Å²) in [6.07, 6.45) is 0.804. The van der Waals surface area contributed by atoms with Gasteiger partial charge in [-0.05, 0) is 50.1 Å². The number of aliphatic hydroxyl groups is 1. The fourth-order valence-corrected chi connectivity index (χ4v) is 5.08. The Morgan fingerprint density at radius 2 is 1.89 bits per heavy atom. The van der Waals surface area contributed by atoms with Crippen molar-refractivity contribution in [1.29, 1.82) is 0 Å². The number of aryl methyl sites for hydroxylation is 1. The van der Waals surface area contributed by atoms with Crippen LogP contribution in [0.15, 0.2) is 54.1 Å². The van der Waals surface area contributed by atoms with Gasteiger partial charge in [-0.2, -0.15) is 0 Å². The van der Waals surface area contributed by atoms with Crippen LogP contribution in [-0.2, 0) is 14.3 Å². The molecule has 1 aromatic heterocycles. The topological polar surface area (TPSA) is 106 Å². The van der Waals surface area contributed by atoms with E-state index in [1.165, 1.54) is 4.90 Å². The number of thiazole rings is 1. The van der Waals surface area contributed by atoms with E-state index in [1.54, 1.807) is 62.4 Å². The van der Waals surface area contributed by atoms with Gasteiger partial charge in [0.05, 0.1) is 30.5 Å². The molecular weight excluding hydrogens is 516 g/mol. The zero-order chi connectivity index (χ0) is 26.7. The summed E-state index contributed by atoms with van der Waals surface area (Å²) in [7, 11) is 0. The van der Waals surface area contributed by atoms with Crippen LogP contribution in [0.5, 0.6) is 5.75 Å². The van der Waals surface area contributed by atoms with Crippen molar-refractivity contribution in [1.82, 2.24) is 4.98 Å². The monoisotopic (exact) mass is 540 g/mol. The van der Waals surface area contributed by atoms with Crippen molar-refractivity contribution in [2.45, 2.75) is 33.2 Å². The van der Waals surface area contributed by atoms with Gasteiger partial charge in [-0.25, -0.2) is 9.78 Å². The van der Waals surface area contributed by atoms with E-state index in [4.69, 9.17) is 21.1 Å². The number of aliphatic hydroxyl groups excluding tert-OH is 1. The zero-order valence-electron chi connectivity index (χ0n) is 20.5. The third-order valence-corrected chi connectivity index (χ3v) is 7.05. The molecule has 0 aliphatic carbocycles. The number of carbonyl (C=O) groups excluding carboxylic acids is 3. The predicted molar refractivity (Wildman–Crippen MR) is 141 cm³/mol. The Morgan fingerprint density at radius 3 is 2.57 bits per heavy atom. The lowest BCUT2D eigenvalue weighted by Gasteiger charge is -2.23. The van der Waals surface area contributed by atoms with Crippen LogP contribution in [0, 0.1) is 6.92 Å². The summed E-state index contributed by atoms with van der Waals surface area (Å²) >= 11 is 7.04. The number of nitrogens with zero attached hydrogens (tertiary/aromatic N) is 2. The van der Waals surface area contributed by atoms with Gasteiger partial charge in [0.25, 0.3) is 5.78 Å². The van der Waals surface area contributed by atoms with Crippen LogP contribution in [0.4, 0.5) is 5.13 Å². The van der Waals surface area contributed by atoms with Crippen molar-refractivity contribution in [3.63, 3.8) is 0 Å². The van der Waals surface area contributed by atoms with Crippen LogP contribution < -0.4 is 9.64 Å². The predicted octanol–water partition coefficient (Wildman–Crippen LogP) is 5.70. The Kier molecular flexibility index (Phi) is 7.94. The number of Topliss-reactive ketones (excluding diaryl/α,β-unsaturated/α-hetero) is 1. The molecule has 192 valence electrons. The van der Waals surface area contributed by atoms with E-state index in [0.717, 1.165) is 17.8 Å². The summed E-state index contributed by atoms with van der Waals surface area (Å²) < 4.78 is 10.8. The van der Waals surface area contributed by atoms with Crippen molar-refractivity contribution < 1.29 is 29.0 Å². The SMILES string of the molecule is CCCOc1cccc(C(O)=C2C(=O)C(=O)N(c3nc(C)c(C(=O)OCC)s3)C2c2ccc(Cl)cc2)c1. The van der Waals surface area contributed by atoms with E-state index >= 15 is 0 Å². The number of hydrogen-bond donors (Lipinski definition) is 1. The maximum absolute atomic E-state index is 13.4. The first-order valence-corrected chi connectivity index (χ1v) is 12.9. The van der Waals surface area contributed by atoms with Crippen LogP contribution in [0.25, 0.3) is 5.76 Å². The minimum absolute atomic E-state index is 0.106. The molecule has 0 bridgehead atoms. The number of carbonyl (C=O) groups is 3. The van der Waals surface area contributed by atoms with Gasteiger partial charge < -0.3 is 14.6 Å². The van der Waals surface area contributed by atoms with Crippen molar-refractivity contribution in [3.05, 3.63) is 80.8 Å². The number of ketones is 1. The van der Waals surface area contributed by atoms with E-state index < -0.39 is 23.7 Å². The van der Waals surface area contributed by atoms with Gasteiger partial charge in [-0.1, -0.05) is 54.1 Å². The van der Waals surface area contributed by atoms with Crippen molar-refractivity contribution in [2.24, 2.45) is 0 Å². The summed E-state index contributed by atoms with van der Waals surface area (Å²) in [5.41, 5.74) is 1.13. The molecule has 4 rings (SSSR count). The van der Waals surface area contributed by atoms with Crippen LogP contribution in [-0.4, -0.2) is 41.0 Å². The Hall–Kier alpha value is -3.69. The van der Waals surface area contributed by atoms with Crippen LogP contribution in [0.1, 0.15) is 52.8 Å². The van der Waals surface area contributed by atoms with E-state index in [9.17, 15) is 19.5 Å². The average Bonchev–Trinajstić information content (AvgIpc) is 3.40. The van der Waals surface area contributed by atoms with Gasteiger partial charge >= 0.3 is 11.9 Å². The smallest absolute Gasteiger partial charge is 0.350 e. The number of hydrogen-bond acceptors (Lipinski definition) is 8. The van der Waals surface area contributed by atoms with E-state index in [0.29, 0.717) is 34.2 Å². The Labute approximate surface area is 223 Å². The molecule has 2 aromatic carbocycles. The Bertz CT molecular complexity index is 1380. The summed E-state index contributed by atoms with van der Waals surface area (Å²) in [5.74, 6) is -2.13. The van der Waals surface area contributed by atoms with Crippen LogP contribution in [0.2, 0.25) is 5.02 Å². The zero-order valence-corrected chi connectivity index (χ0v) is 22.1. The minimum Gasteiger partial charge on any atom is -0.507 e. The van der Waals surface area contributed by atoms with E-state index in [-0.39, 0.29) is 27.9 Å². The highest BCUT2D eigenvalue weighted by Crippen LogP contribution is 2.44. The Balaban J connectivity index is 1.87. The fourth-order valence-electron chi connectivity index (χ4n) is 3.97. The van der Waals surface area contributed by atoms with Gasteiger partial charge in [-0.15, -0.1) is 0 Å². The van der Waals surface area contributed by atoms with Crippen LogP contribution in [0.3, 0.4) is 0 Å². The maximum Gasteiger partial charge on any atom is 0.350 e. The second-order valence-corrected chi connectivity index (χ2v) is 9.64. The quantitative estimate of drug-likeness (QED) is 0.169. The normalized spacial score (nSPS) is 16.8. The van der Waals surface area contributed by atoms with Crippen molar-refractivity contribution in [3.8, 4) is 5.75 Å². The molecule has 1 atom stereocenters. The molecule has 37 heavy (non-hydrogen) atoms. The highest BCUT2D eigenvalue weighted by Gasteiger charge is 2.48. The molecule has 3 aromatic rings. The summed E-state index contributed by atoms with van der Waals surface area (Å²) in [5, 5.41) is 11.9. The molecule has 8 nitrogen and oxygen atoms in total. The maximum atomic E-state index is 13.4. The molecule has 10 heteroatoms. The lowest BCUT2D eigenvalue weighted by molar-refractivity contribution is -0.132. The van der Waals surface area contributed by atoms with Crippen molar-refractivity contribution in [2.75, 3.05) is 18.1 Å². The molecule has 1 unspecified atom stereocenters. The lowest BCUT2D eigenvalue weighted by atomic mass is 9.95. The third kappa shape index (κ3) is 5.23. The standard InChI is InChI=1S/C27H25ClN2O6S/c1-4-13-36-19-8-6-7-17(14-19)22(31)20-21(16-9-11-18(28)12-10-16)30(25(33)23(20)32)27-29-15(3)24(37-27)26(34)35-5-2/h6-12,14,21,31H,4-5,13H2,1-3H3. The lowest BCUT2D eigenvalue weighted by Crippen LogP contribution is -2.29. The number of ether oxygens (including phenoxy) is 2. The van der Waals surface area contributed by atoms with E-state index in [1.807, 2.05) is 6.92 Å². The average molecular weight is 541 g/mol. The number of benzene rings is 2. The first kappa shape index (κ1) is 26.4. The first-order chi connectivity index (χ1) is 17.8. The molecule has 0 radical (unpaired) electrons. The van der Waals surface area contributed by atoms with Crippen molar-refractivity contribution >= 4 is 51.5 Å². The van der Waals surface area contributed by atoms with Gasteiger partial charge in [-0.3, -0.25) is 14.5 Å². The molecule has 2 heterocycles. The number of halogens is 1. The highest BCUT2D eigenvalue weighted by molar-refractivity contribution is 7.17. The van der Waals surface area contributed by atoms with Gasteiger partial charge in [0.2, 0.25) is 0 Å². The first-order valence-electron chi connectivity index (χ1n) is 11.7. The molecule has 1 saturated heterocycles. The molecular formula is C27H25ClN2O6S. The number of amides is 1. The highest BCUT2D eigenvalue weighted by atomic mass is 35.5. The molecule has 0 saturated carbocycles. The van der Waals surface area contributed by atoms with Gasteiger partial charge in [0.15, 0.2) is 5.13 Å². The molecule has 0 spiro atoms. The van der Waals surface area contributed by atoms with Gasteiger partial charge in [0, 0.05) is 10.6 Å². The molecule has 1 aliphatic rings. The number of aromatic nitrogens is 1. The molecule has 1 aliphatic heterocycles. The second kappa shape index (κ2) is 11.1. The van der Waals surface area contributed by atoms with E-state index in [2.05, 4.69) is 4.98 Å². The summed E-state index contributed by atoms with van der Waals surface area (Å²) in [6.45, 7) is 5.97. The number of anilines is 1. The Morgan fingerprint density at radius 1 is 1.16 bits per heavy atom. The number of rotatable bonds is 8. The number of esters is 1. The second-order valence-electron chi connectivity index (χ2n) is 8.23. The summed E-state index contributed by atoms with van der Waals surface area (Å²) in [4.78, 5) is 45.0. The third-order valence-electron chi connectivity index (χ3n) is 5.66. The largest absolute Gasteiger partial charge is 0.507 e. The molecule has 1 fully saturated rings. The van der Waals surface area contributed by atoms with Crippen LogP contribution >= 0.6 is 22.9 Å². The fraction of sp³-hybridized carbons (Fsp3) is 0.259. The minimum atomic E-state index is -1.00. The van der Waals surface area contributed by atoms with Gasteiger partial charge in [0.1, 0.15) is 16.4 Å².